The second kappa shape index (κ2) is 9.30. The zero-order valence-electron chi connectivity index (χ0n) is 16.8. The molecule has 0 aliphatic carbocycles. The molecule has 0 unspecified atom stereocenters. The molecule has 0 aliphatic rings. The Hall–Kier alpha value is -4.20. The van der Waals surface area contributed by atoms with Gasteiger partial charge in [-0.15, -0.1) is 0 Å². The monoisotopic (exact) mass is 442 g/mol. The Bertz CT molecular complexity index is 1230. The Kier molecular flexibility index (Phi) is 6.53. The van der Waals surface area contributed by atoms with Gasteiger partial charge in [-0.1, -0.05) is 6.07 Å². The van der Waals surface area contributed by atoms with E-state index in [0.717, 1.165) is 22.9 Å². The van der Waals surface area contributed by atoms with Gasteiger partial charge >= 0.3 is 6.18 Å². The fourth-order valence-electron chi connectivity index (χ4n) is 2.79. The number of pyridine rings is 1. The molecule has 1 aromatic carbocycles. The number of alkyl halides is 3. The zero-order chi connectivity index (χ0) is 23.3. The van der Waals surface area contributed by atoms with E-state index < -0.39 is 28.8 Å². The van der Waals surface area contributed by atoms with E-state index in [1.165, 1.54) is 25.3 Å². The normalized spacial score (nSPS) is 11.0. The van der Waals surface area contributed by atoms with E-state index in [-0.39, 0.29) is 24.5 Å². The molecule has 0 radical (unpaired) electrons. The summed E-state index contributed by atoms with van der Waals surface area (Å²) in [6.07, 6.45) is -3.15. The van der Waals surface area contributed by atoms with E-state index in [9.17, 15) is 22.8 Å². The van der Waals surface area contributed by atoms with Crippen molar-refractivity contribution < 1.29 is 18.0 Å². The summed E-state index contributed by atoms with van der Waals surface area (Å²) >= 11 is 0. The van der Waals surface area contributed by atoms with Crippen LogP contribution in [0.25, 0.3) is 5.69 Å². The lowest BCUT2D eigenvalue weighted by Crippen LogP contribution is -2.34. The third kappa shape index (κ3) is 5.28. The van der Waals surface area contributed by atoms with Gasteiger partial charge in [-0.3, -0.25) is 9.59 Å². The zero-order valence-corrected chi connectivity index (χ0v) is 16.8. The van der Waals surface area contributed by atoms with E-state index in [2.05, 4.69) is 20.7 Å². The Morgan fingerprint density at radius 1 is 1.19 bits per heavy atom. The number of nitriles is 1. The first-order valence-electron chi connectivity index (χ1n) is 9.36. The third-order valence-electron chi connectivity index (χ3n) is 4.35. The van der Waals surface area contributed by atoms with Crippen LogP contribution >= 0.6 is 0 Å². The van der Waals surface area contributed by atoms with Crippen LogP contribution in [0.2, 0.25) is 0 Å². The lowest BCUT2D eigenvalue weighted by molar-refractivity contribution is -0.137. The summed E-state index contributed by atoms with van der Waals surface area (Å²) < 4.78 is 40.2. The molecule has 0 aliphatic heterocycles. The number of rotatable bonds is 6. The highest BCUT2D eigenvalue weighted by Crippen LogP contribution is 2.30. The van der Waals surface area contributed by atoms with Crippen molar-refractivity contribution >= 4 is 11.7 Å². The first-order chi connectivity index (χ1) is 15.2. The third-order valence-corrected chi connectivity index (χ3v) is 4.35. The van der Waals surface area contributed by atoms with E-state index in [1.54, 1.807) is 12.1 Å². The molecule has 8 nitrogen and oxygen atoms in total. The second-order valence-electron chi connectivity index (χ2n) is 6.69. The van der Waals surface area contributed by atoms with Gasteiger partial charge in [-0.2, -0.15) is 23.5 Å². The molecule has 32 heavy (non-hydrogen) atoms. The minimum atomic E-state index is -4.54. The molecular formula is C21H17F3N6O2. The average Bonchev–Trinajstić information content (AvgIpc) is 2.76. The number of hydrogen-bond acceptors (Lipinski definition) is 6. The van der Waals surface area contributed by atoms with Crippen molar-refractivity contribution in [2.75, 3.05) is 18.4 Å². The molecule has 0 spiro atoms. The van der Waals surface area contributed by atoms with Gasteiger partial charge < -0.3 is 10.6 Å². The Morgan fingerprint density at radius 2 is 1.97 bits per heavy atom. The van der Waals surface area contributed by atoms with Crippen LogP contribution in [0.1, 0.15) is 27.3 Å². The summed E-state index contributed by atoms with van der Waals surface area (Å²) in [6.45, 7) is 1.91. The van der Waals surface area contributed by atoms with Crippen molar-refractivity contribution in [2.45, 2.75) is 13.1 Å². The molecule has 2 heterocycles. The maximum absolute atomic E-state index is 13.0. The van der Waals surface area contributed by atoms with Gasteiger partial charge in [0, 0.05) is 31.0 Å². The van der Waals surface area contributed by atoms with Crippen LogP contribution in [0.5, 0.6) is 0 Å². The van der Waals surface area contributed by atoms with Crippen LogP contribution in [-0.4, -0.2) is 33.8 Å². The van der Waals surface area contributed by atoms with Crippen LogP contribution in [-0.2, 0) is 6.18 Å². The number of aromatic nitrogens is 3. The quantitative estimate of drug-likeness (QED) is 0.568. The summed E-state index contributed by atoms with van der Waals surface area (Å²) in [4.78, 5) is 28.7. The number of nitrogens with zero attached hydrogens (tertiary/aromatic N) is 4. The molecule has 0 saturated carbocycles. The largest absolute Gasteiger partial charge is 0.416 e. The van der Waals surface area contributed by atoms with Gasteiger partial charge in [0.15, 0.2) is 5.69 Å². The number of carbonyl (C=O) groups is 1. The molecule has 1 amide bonds. The number of amides is 1. The van der Waals surface area contributed by atoms with Crippen molar-refractivity contribution in [2.24, 2.45) is 0 Å². The maximum atomic E-state index is 13.0. The van der Waals surface area contributed by atoms with Crippen molar-refractivity contribution in [3.05, 3.63) is 81.4 Å². The molecule has 0 bridgehead atoms. The second-order valence-corrected chi connectivity index (χ2v) is 6.69. The fraction of sp³-hybridized carbons (Fsp3) is 0.190. The molecule has 164 valence electrons. The number of carbonyl (C=O) groups excluding carboxylic acids is 1. The molecule has 0 atom stereocenters. The summed E-state index contributed by atoms with van der Waals surface area (Å²) in [5.74, 6) is -0.260. The predicted octanol–water partition coefficient (Wildman–Crippen LogP) is 2.67. The number of aryl methyl sites for hydroxylation is 1. The summed E-state index contributed by atoms with van der Waals surface area (Å²) in [7, 11) is 0. The Labute approximate surface area is 180 Å². The standard InChI is InChI=1S/C21H17F3N6O2/c1-13-9-17(31)19(29-30(13)16-4-2-3-15(10-16)21(22,23)24)20(32)27-8-7-26-18-6-5-14(11-25)12-28-18/h2-6,9-10,12H,7-8H2,1H3,(H,26,28)(H,27,32). The Morgan fingerprint density at radius 3 is 2.62 bits per heavy atom. The Balaban J connectivity index is 1.72. The van der Waals surface area contributed by atoms with Gasteiger partial charge in [0.2, 0.25) is 5.43 Å². The molecule has 0 fully saturated rings. The number of benzene rings is 1. The SMILES string of the molecule is Cc1cc(=O)c(C(=O)NCCNc2ccc(C#N)cn2)nn1-c1cccc(C(F)(F)F)c1. The van der Waals surface area contributed by atoms with Crippen molar-refractivity contribution in [1.82, 2.24) is 20.1 Å². The van der Waals surface area contributed by atoms with Gasteiger partial charge in [-0.05, 0) is 37.3 Å². The molecule has 0 saturated heterocycles. The molecule has 2 aromatic heterocycles. The highest BCUT2D eigenvalue weighted by atomic mass is 19.4. The lowest BCUT2D eigenvalue weighted by atomic mass is 10.2. The van der Waals surface area contributed by atoms with Crippen LogP contribution in [0, 0.1) is 18.3 Å². The number of anilines is 1. The molecule has 3 aromatic rings. The minimum Gasteiger partial charge on any atom is -0.368 e. The predicted molar refractivity (Wildman–Crippen MR) is 109 cm³/mol. The summed E-state index contributed by atoms with van der Waals surface area (Å²) in [5, 5.41) is 18.2. The van der Waals surface area contributed by atoms with Gasteiger partial charge in [-0.25, -0.2) is 9.67 Å². The van der Waals surface area contributed by atoms with E-state index in [4.69, 9.17) is 5.26 Å². The van der Waals surface area contributed by atoms with Crippen molar-refractivity contribution in [1.29, 1.82) is 5.26 Å². The van der Waals surface area contributed by atoms with Crippen molar-refractivity contribution in [3.8, 4) is 11.8 Å². The topological polar surface area (TPSA) is 113 Å². The fourth-order valence-corrected chi connectivity index (χ4v) is 2.79. The first-order valence-corrected chi connectivity index (χ1v) is 9.36. The molecule has 3 rings (SSSR count). The maximum Gasteiger partial charge on any atom is 0.416 e. The first kappa shape index (κ1) is 22.5. The highest BCUT2D eigenvalue weighted by molar-refractivity contribution is 5.92. The van der Waals surface area contributed by atoms with Crippen LogP contribution in [0.15, 0.2) is 53.5 Å². The smallest absolute Gasteiger partial charge is 0.368 e. The van der Waals surface area contributed by atoms with Gasteiger partial charge in [0.1, 0.15) is 11.9 Å². The van der Waals surface area contributed by atoms with Crippen LogP contribution in [0.4, 0.5) is 19.0 Å². The summed E-state index contributed by atoms with van der Waals surface area (Å²) in [5.41, 5.74) is -1.21. The van der Waals surface area contributed by atoms with Gasteiger partial charge in [0.25, 0.3) is 5.91 Å². The minimum absolute atomic E-state index is 0.0694. The number of halogens is 3. The van der Waals surface area contributed by atoms with Crippen LogP contribution in [0.3, 0.4) is 0 Å². The average molecular weight is 442 g/mol. The van der Waals surface area contributed by atoms with E-state index in [1.807, 2.05) is 6.07 Å². The van der Waals surface area contributed by atoms with Crippen LogP contribution < -0.4 is 16.1 Å². The van der Waals surface area contributed by atoms with E-state index in [0.29, 0.717) is 11.4 Å². The molecule has 2 N–H and O–H groups in total. The van der Waals surface area contributed by atoms with Crippen molar-refractivity contribution in [3.63, 3.8) is 0 Å². The molecular weight excluding hydrogens is 425 g/mol. The number of hydrogen-bond donors (Lipinski definition) is 2. The number of nitrogens with one attached hydrogen (secondary N) is 2. The lowest BCUT2D eigenvalue weighted by Gasteiger charge is -2.13. The molecule has 11 heteroatoms. The van der Waals surface area contributed by atoms with Gasteiger partial charge in [0.05, 0.1) is 16.8 Å². The van der Waals surface area contributed by atoms with E-state index >= 15 is 0 Å². The highest BCUT2D eigenvalue weighted by Gasteiger charge is 2.30. The summed E-state index contributed by atoms with van der Waals surface area (Å²) in [6, 6.07) is 10.7.